The summed E-state index contributed by atoms with van der Waals surface area (Å²) in [6.07, 6.45) is 0.766. The van der Waals surface area contributed by atoms with Crippen LogP contribution in [0.1, 0.15) is 32.8 Å². The number of guanidine groups is 1. The minimum absolute atomic E-state index is 0.0119. The third kappa shape index (κ3) is 6.03. The first-order valence-corrected chi connectivity index (χ1v) is 9.37. The first-order valence-electron chi connectivity index (χ1n) is 9.37. The number of halogens is 3. The number of ether oxygens (including phenoxy) is 1. The van der Waals surface area contributed by atoms with E-state index in [2.05, 4.69) is 20.4 Å². The van der Waals surface area contributed by atoms with Gasteiger partial charge in [0.1, 0.15) is 11.6 Å². The molecule has 2 N–H and O–H groups in total. The first kappa shape index (κ1) is 21.8. The van der Waals surface area contributed by atoms with Gasteiger partial charge in [0.2, 0.25) is 5.91 Å². The van der Waals surface area contributed by atoms with Gasteiger partial charge in [0, 0.05) is 31.6 Å². The van der Waals surface area contributed by atoms with E-state index in [4.69, 9.17) is 0 Å². The van der Waals surface area contributed by atoms with Gasteiger partial charge in [-0.1, -0.05) is 19.9 Å². The molecule has 0 spiro atoms. The Bertz CT molecular complexity index is 698. The summed E-state index contributed by atoms with van der Waals surface area (Å²) in [6, 6.07) is 3.78. The molecule has 1 aromatic rings. The van der Waals surface area contributed by atoms with Gasteiger partial charge in [-0.15, -0.1) is 0 Å². The number of hydrogen-bond acceptors (Lipinski definition) is 3. The van der Waals surface area contributed by atoms with Crippen molar-refractivity contribution in [1.29, 1.82) is 0 Å². The number of nitrogens with zero attached hydrogens (tertiary/aromatic N) is 2. The molecule has 1 atom stereocenters. The van der Waals surface area contributed by atoms with Gasteiger partial charge < -0.3 is 20.3 Å². The zero-order valence-electron chi connectivity index (χ0n) is 16.3. The average Bonchev–Trinajstić information content (AvgIpc) is 3.08. The molecule has 156 valence electrons. The fourth-order valence-electron chi connectivity index (χ4n) is 3.01. The fraction of sp³-hybridized carbons (Fsp3) is 0.579. The zero-order valence-corrected chi connectivity index (χ0v) is 16.3. The van der Waals surface area contributed by atoms with Crippen LogP contribution in [0.5, 0.6) is 5.75 Å². The van der Waals surface area contributed by atoms with E-state index >= 15 is 0 Å². The summed E-state index contributed by atoms with van der Waals surface area (Å²) in [6.45, 7) is 4.20. The Hall–Kier alpha value is -2.45. The van der Waals surface area contributed by atoms with E-state index in [0.717, 1.165) is 6.42 Å². The number of carbonyl (C=O) groups is 1. The van der Waals surface area contributed by atoms with Crippen LogP contribution in [0.4, 0.5) is 13.2 Å². The van der Waals surface area contributed by atoms with Crippen LogP contribution in [0.15, 0.2) is 23.2 Å². The lowest BCUT2D eigenvalue weighted by atomic mass is 10.2. The Balaban J connectivity index is 2.07. The topological polar surface area (TPSA) is 66.0 Å². The lowest BCUT2D eigenvalue weighted by Gasteiger charge is -2.20. The van der Waals surface area contributed by atoms with E-state index in [1.54, 1.807) is 4.90 Å². The number of aliphatic imine (C=N–C) groups is 1. The molecule has 1 saturated heterocycles. The second-order valence-corrected chi connectivity index (χ2v) is 6.86. The second-order valence-electron chi connectivity index (χ2n) is 6.86. The van der Waals surface area contributed by atoms with E-state index in [9.17, 15) is 18.0 Å². The summed E-state index contributed by atoms with van der Waals surface area (Å²) < 4.78 is 43.6. The number of amides is 1. The SMILES string of the molecule is CCNC(=NCc1c(F)cccc1OC(F)F)NC1CCN(C(=O)C(C)C)C1. The minimum Gasteiger partial charge on any atom is -0.434 e. The second kappa shape index (κ2) is 10.2. The number of nitrogens with one attached hydrogen (secondary N) is 2. The van der Waals surface area contributed by atoms with Crippen molar-refractivity contribution in [2.75, 3.05) is 19.6 Å². The smallest absolute Gasteiger partial charge is 0.387 e. The van der Waals surface area contributed by atoms with Gasteiger partial charge in [-0.05, 0) is 25.5 Å². The summed E-state index contributed by atoms with van der Waals surface area (Å²) in [5, 5.41) is 6.27. The van der Waals surface area contributed by atoms with Gasteiger partial charge in [-0.2, -0.15) is 8.78 Å². The maximum atomic E-state index is 14.1. The number of rotatable bonds is 7. The largest absolute Gasteiger partial charge is 0.434 e. The van der Waals surface area contributed by atoms with Gasteiger partial charge in [-0.3, -0.25) is 4.79 Å². The molecule has 0 saturated carbocycles. The van der Waals surface area contributed by atoms with Crippen molar-refractivity contribution in [3.63, 3.8) is 0 Å². The van der Waals surface area contributed by atoms with Crippen molar-refractivity contribution in [3.8, 4) is 5.75 Å². The average molecular weight is 400 g/mol. The van der Waals surface area contributed by atoms with E-state index < -0.39 is 12.4 Å². The molecule has 2 rings (SSSR count). The van der Waals surface area contributed by atoms with Gasteiger partial charge in [-0.25, -0.2) is 9.38 Å². The van der Waals surface area contributed by atoms with Gasteiger partial charge in [0.25, 0.3) is 0 Å². The van der Waals surface area contributed by atoms with Crippen molar-refractivity contribution in [2.24, 2.45) is 10.9 Å². The Morgan fingerprint density at radius 1 is 1.39 bits per heavy atom. The highest BCUT2D eigenvalue weighted by Crippen LogP contribution is 2.24. The van der Waals surface area contributed by atoms with E-state index in [1.165, 1.54) is 18.2 Å². The number of likely N-dealkylation sites (tertiary alicyclic amines) is 1. The fourth-order valence-corrected chi connectivity index (χ4v) is 3.01. The molecule has 1 unspecified atom stereocenters. The third-order valence-electron chi connectivity index (χ3n) is 4.37. The van der Waals surface area contributed by atoms with Crippen LogP contribution in [0.2, 0.25) is 0 Å². The number of hydrogen-bond donors (Lipinski definition) is 2. The molecule has 6 nitrogen and oxygen atoms in total. The molecule has 1 amide bonds. The molecule has 9 heteroatoms. The highest BCUT2D eigenvalue weighted by atomic mass is 19.3. The van der Waals surface area contributed by atoms with Gasteiger partial charge >= 0.3 is 6.61 Å². The molecule has 1 fully saturated rings. The first-order chi connectivity index (χ1) is 13.3. The molecular formula is C19H27F3N4O2. The van der Waals surface area contributed by atoms with Crippen LogP contribution in [0.25, 0.3) is 0 Å². The van der Waals surface area contributed by atoms with E-state index in [1.807, 2.05) is 20.8 Å². The van der Waals surface area contributed by atoms with Crippen LogP contribution in [0.3, 0.4) is 0 Å². The van der Waals surface area contributed by atoms with Crippen LogP contribution in [-0.4, -0.2) is 49.1 Å². The minimum atomic E-state index is -3.04. The molecular weight excluding hydrogens is 373 g/mol. The molecule has 1 aliphatic heterocycles. The predicted octanol–water partition coefficient (Wildman–Crippen LogP) is 2.74. The highest BCUT2D eigenvalue weighted by molar-refractivity contribution is 5.81. The maximum absolute atomic E-state index is 14.1. The van der Waals surface area contributed by atoms with Crippen molar-refractivity contribution in [1.82, 2.24) is 15.5 Å². The predicted molar refractivity (Wildman–Crippen MR) is 101 cm³/mol. The molecule has 0 aromatic heterocycles. The highest BCUT2D eigenvalue weighted by Gasteiger charge is 2.28. The van der Waals surface area contributed by atoms with Crippen LogP contribution in [0, 0.1) is 11.7 Å². The lowest BCUT2D eigenvalue weighted by Crippen LogP contribution is -2.45. The standard InChI is InChI=1S/C19H27F3N4O2/c1-4-23-19(25-13-8-9-26(11-13)17(27)12(2)3)24-10-14-15(20)6-5-7-16(14)28-18(21)22/h5-7,12-13,18H,4,8-11H2,1-3H3,(H2,23,24,25). The zero-order chi connectivity index (χ0) is 20.7. The van der Waals surface area contributed by atoms with Crippen LogP contribution < -0.4 is 15.4 Å². The summed E-state index contributed by atoms with van der Waals surface area (Å²) in [5.74, 6) is -0.421. The lowest BCUT2D eigenvalue weighted by molar-refractivity contribution is -0.133. The maximum Gasteiger partial charge on any atom is 0.387 e. The molecule has 28 heavy (non-hydrogen) atoms. The van der Waals surface area contributed by atoms with Crippen molar-refractivity contribution in [2.45, 2.75) is 46.4 Å². The molecule has 0 bridgehead atoms. The Morgan fingerprint density at radius 2 is 2.14 bits per heavy atom. The van der Waals surface area contributed by atoms with Gasteiger partial charge in [0.05, 0.1) is 12.1 Å². The Morgan fingerprint density at radius 3 is 2.79 bits per heavy atom. The molecule has 1 heterocycles. The van der Waals surface area contributed by atoms with Crippen molar-refractivity contribution >= 4 is 11.9 Å². The van der Waals surface area contributed by atoms with Crippen LogP contribution in [-0.2, 0) is 11.3 Å². The monoisotopic (exact) mass is 400 g/mol. The van der Waals surface area contributed by atoms with E-state index in [-0.39, 0.29) is 35.7 Å². The normalized spacial score (nSPS) is 17.4. The summed E-state index contributed by atoms with van der Waals surface area (Å²) in [4.78, 5) is 18.2. The number of carbonyl (C=O) groups excluding carboxylic acids is 1. The Labute approximate surface area is 163 Å². The molecule has 0 aliphatic carbocycles. The van der Waals surface area contributed by atoms with Crippen molar-refractivity contribution in [3.05, 3.63) is 29.6 Å². The Kier molecular flexibility index (Phi) is 7.95. The molecule has 0 radical (unpaired) electrons. The third-order valence-corrected chi connectivity index (χ3v) is 4.37. The van der Waals surface area contributed by atoms with E-state index in [0.29, 0.717) is 25.6 Å². The summed E-state index contributed by atoms with van der Waals surface area (Å²) in [5.41, 5.74) is -0.0389. The van der Waals surface area contributed by atoms with Crippen molar-refractivity contribution < 1.29 is 22.7 Å². The summed E-state index contributed by atoms with van der Waals surface area (Å²) >= 11 is 0. The number of alkyl halides is 2. The molecule has 1 aliphatic rings. The summed E-state index contributed by atoms with van der Waals surface area (Å²) in [7, 11) is 0. The number of benzene rings is 1. The van der Waals surface area contributed by atoms with Gasteiger partial charge in [0.15, 0.2) is 5.96 Å². The van der Waals surface area contributed by atoms with Crippen LogP contribution >= 0.6 is 0 Å². The molecule has 1 aromatic carbocycles. The quantitative estimate of drug-likeness (QED) is 0.546.